The molecule has 0 bridgehead atoms. The molecule has 22 heavy (non-hydrogen) atoms. The third-order valence-corrected chi connectivity index (χ3v) is 3.27. The second-order valence-electron chi connectivity index (χ2n) is 4.83. The van der Waals surface area contributed by atoms with Crippen LogP contribution < -0.4 is 10.4 Å². The van der Waals surface area contributed by atoms with Gasteiger partial charge in [0.2, 0.25) is 0 Å². The van der Waals surface area contributed by atoms with Crippen molar-refractivity contribution in [2.24, 2.45) is 7.05 Å². The molecule has 0 atom stereocenters. The number of tetrazole rings is 1. The van der Waals surface area contributed by atoms with Gasteiger partial charge >= 0.3 is 5.69 Å². The molecule has 0 amide bonds. The number of aromatic nitrogens is 5. The van der Waals surface area contributed by atoms with Gasteiger partial charge in [-0.2, -0.15) is 4.68 Å². The van der Waals surface area contributed by atoms with Gasteiger partial charge in [-0.3, -0.25) is 0 Å². The number of nitrogens with zero attached hydrogens (tertiary/aromatic N) is 5. The maximum absolute atomic E-state index is 11.9. The fraction of sp³-hybridized carbons (Fsp3) is 0.286. The SMILES string of the molecule is [3H]c1ccc(OCc2c(C)noc2-n2nnn(C)c2=O)c(C)c1. The first-order chi connectivity index (χ1) is 11.0. The molecule has 1 aromatic carbocycles. The molecular formula is C14H15N5O3. The Morgan fingerprint density at radius 3 is 2.86 bits per heavy atom. The first-order valence-electron chi connectivity index (χ1n) is 7.12. The second-order valence-corrected chi connectivity index (χ2v) is 4.83. The van der Waals surface area contributed by atoms with E-state index < -0.39 is 5.69 Å². The highest BCUT2D eigenvalue weighted by molar-refractivity contribution is 5.35. The molecule has 0 radical (unpaired) electrons. The van der Waals surface area contributed by atoms with Crippen LogP contribution in [0.1, 0.15) is 18.2 Å². The fourth-order valence-electron chi connectivity index (χ4n) is 1.96. The zero-order chi connectivity index (χ0) is 16.6. The van der Waals surface area contributed by atoms with Gasteiger partial charge in [0.1, 0.15) is 12.4 Å². The lowest BCUT2D eigenvalue weighted by atomic mass is 10.2. The molecule has 0 aliphatic heterocycles. The number of benzene rings is 1. The van der Waals surface area contributed by atoms with E-state index in [4.69, 9.17) is 10.6 Å². The number of rotatable bonds is 4. The quantitative estimate of drug-likeness (QED) is 0.718. The minimum Gasteiger partial charge on any atom is -0.488 e. The van der Waals surface area contributed by atoms with Gasteiger partial charge < -0.3 is 9.26 Å². The van der Waals surface area contributed by atoms with E-state index in [0.717, 1.165) is 14.9 Å². The molecule has 8 nitrogen and oxygen atoms in total. The summed E-state index contributed by atoms with van der Waals surface area (Å²) in [6, 6.07) is 5.51. The van der Waals surface area contributed by atoms with E-state index in [1.54, 1.807) is 25.1 Å². The summed E-state index contributed by atoms with van der Waals surface area (Å²) in [6.45, 7) is 3.78. The molecule has 0 saturated heterocycles. The van der Waals surface area contributed by atoms with Crippen molar-refractivity contribution in [3.63, 3.8) is 0 Å². The Bertz CT molecular complexity index is 912. The number of aryl methyl sites for hydroxylation is 3. The van der Waals surface area contributed by atoms with Gasteiger partial charge in [-0.1, -0.05) is 23.3 Å². The summed E-state index contributed by atoms with van der Waals surface area (Å²) >= 11 is 0. The summed E-state index contributed by atoms with van der Waals surface area (Å²) in [5.41, 5.74) is 1.64. The molecule has 0 spiro atoms. The first-order valence-corrected chi connectivity index (χ1v) is 6.62. The monoisotopic (exact) mass is 303 g/mol. The second kappa shape index (κ2) is 5.47. The Morgan fingerprint density at radius 2 is 2.18 bits per heavy atom. The molecule has 0 unspecified atom stereocenters. The van der Waals surface area contributed by atoms with E-state index in [1.165, 1.54) is 7.05 Å². The lowest BCUT2D eigenvalue weighted by Crippen LogP contribution is -2.22. The summed E-state index contributed by atoms with van der Waals surface area (Å²) in [6.07, 6.45) is 0. The Balaban J connectivity index is 1.90. The van der Waals surface area contributed by atoms with E-state index in [2.05, 4.69) is 15.6 Å². The van der Waals surface area contributed by atoms with Gasteiger partial charge in [-0.15, -0.1) is 4.68 Å². The maximum Gasteiger partial charge on any atom is 0.370 e. The van der Waals surface area contributed by atoms with Crippen molar-refractivity contribution in [3.8, 4) is 11.6 Å². The van der Waals surface area contributed by atoms with Crippen LogP contribution in [0.5, 0.6) is 5.75 Å². The first kappa shape index (κ1) is 12.8. The average Bonchev–Trinajstić information content (AvgIpc) is 3.02. The van der Waals surface area contributed by atoms with Crippen LogP contribution >= 0.6 is 0 Å². The van der Waals surface area contributed by atoms with Gasteiger partial charge in [0, 0.05) is 7.05 Å². The lowest BCUT2D eigenvalue weighted by molar-refractivity contribution is 0.300. The van der Waals surface area contributed by atoms with Crippen molar-refractivity contribution in [1.82, 2.24) is 24.9 Å². The summed E-state index contributed by atoms with van der Waals surface area (Å²) in [4.78, 5) is 11.9. The van der Waals surface area contributed by atoms with Crippen LogP contribution in [-0.2, 0) is 13.7 Å². The Kier molecular flexibility index (Phi) is 3.19. The van der Waals surface area contributed by atoms with Crippen LogP contribution in [0.15, 0.2) is 33.6 Å². The molecule has 0 aliphatic rings. The standard InChI is InChI=1S/C14H15N5O3/c1-9-6-4-5-7-12(9)21-8-11-10(2)15-22-13(11)19-14(20)18(3)16-17-19/h4-7H,8H2,1-3H3/i4T. The van der Waals surface area contributed by atoms with Gasteiger partial charge in [0.25, 0.3) is 5.88 Å². The molecule has 3 rings (SSSR count). The molecule has 0 N–H and O–H groups in total. The van der Waals surface area contributed by atoms with Crippen molar-refractivity contribution >= 4 is 0 Å². The van der Waals surface area contributed by atoms with Gasteiger partial charge in [-0.05, 0) is 35.9 Å². The predicted molar refractivity (Wildman–Crippen MR) is 76.9 cm³/mol. The van der Waals surface area contributed by atoms with Crippen molar-refractivity contribution in [1.29, 1.82) is 0 Å². The minimum atomic E-state index is -0.433. The van der Waals surface area contributed by atoms with Crippen molar-refractivity contribution in [2.45, 2.75) is 20.5 Å². The van der Waals surface area contributed by atoms with Crippen LogP contribution in [0, 0.1) is 13.8 Å². The van der Waals surface area contributed by atoms with E-state index in [-0.39, 0.29) is 12.5 Å². The molecule has 114 valence electrons. The van der Waals surface area contributed by atoms with Crippen LogP contribution in [-0.4, -0.2) is 24.9 Å². The molecule has 3 aromatic rings. The maximum atomic E-state index is 11.9. The van der Waals surface area contributed by atoms with Crippen molar-refractivity contribution < 1.29 is 10.6 Å². The Labute approximate surface area is 127 Å². The van der Waals surface area contributed by atoms with E-state index >= 15 is 0 Å². The molecule has 0 fully saturated rings. The number of ether oxygens (including phenoxy) is 1. The third-order valence-electron chi connectivity index (χ3n) is 3.27. The van der Waals surface area contributed by atoms with Crippen LogP contribution in [0.3, 0.4) is 0 Å². The molecule has 8 heteroatoms. The number of hydrogen-bond donors (Lipinski definition) is 0. The highest BCUT2D eigenvalue weighted by atomic mass is 16.5. The van der Waals surface area contributed by atoms with Gasteiger partial charge in [0.15, 0.2) is 0 Å². The smallest absolute Gasteiger partial charge is 0.370 e. The zero-order valence-electron chi connectivity index (χ0n) is 13.4. The predicted octanol–water partition coefficient (Wildman–Crippen LogP) is 1.15. The lowest BCUT2D eigenvalue weighted by Gasteiger charge is -2.08. The normalized spacial score (nSPS) is 11.5. The molecule has 0 saturated carbocycles. The zero-order valence-corrected chi connectivity index (χ0v) is 12.4. The molecule has 2 aromatic heterocycles. The van der Waals surface area contributed by atoms with Crippen LogP contribution in [0.4, 0.5) is 0 Å². The average molecular weight is 303 g/mol. The Morgan fingerprint density at radius 1 is 1.36 bits per heavy atom. The summed E-state index contributed by atoms with van der Waals surface area (Å²) in [7, 11) is 1.50. The number of para-hydroxylation sites is 1. The highest BCUT2D eigenvalue weighted by Crippen LogP contribution is 2.21. The van der Waals surface area contributed by atoms with E-state index in [9.17, 15) is 4.79 Å². The summed E-state index contributed by atoms with van der Waals surface area (Å²) < 4.78 is 20.7. The summed E-state index contributed by atoms with van der Waals surface area (Å²) in [5.74, 6) is 0.842. The van der Waals surface area contributed by atoms with E-state index in [0.29, 0.717) is 23.0 Å². The van der Waals surface area contributed by atoms with Crippen molar-refractivity contribution in [2.75, 3.05) is 0 Å². The van der Waals surface area contributed by atoms with E-state index in [1.807, 2.05) is 6.92 Å². The third kappa shape index (κ3) is 2.39. The summed E-state index contributed by atoms with van der Waals surface area (Å²) in [5, 5.41) is 11.3. The molecule has 0 aliphatic carbocycles. The number of hydrogen-bond acceptors (Lipinski definition) is 6. The van der Waals surface area contributed by atoms with Crippen LogP contribution in [0.25, 0.3) is 5.88 Å². The molecular weight excluding hydrogens is 286 g/mol. The van der Waals surface area contributed by atoms with Gasteiger partial charge in [-0.25, -0.2) is 4.79 Å². The Hall–Kier alpha value is -2.90. The largest absolute Gasteiger partial charge is 0.488 e. The minimum absolute atomic E-state index is 0.159. The topological polar surface area (TPSA) is 88.0 Å². The fourth-order valence-corrected chi connectivity index (χ4v) is 1.96. The highest BCUT2D eigenvalue weighted by Gasteiger charge is 2.19. The van der Waals surface area contributed by atoms with Gasteiger partial charge in [0.05, 0.1) is 12.6 Å². The molecule has 2 heterocycles. The van der Waals surface area contributed by atoms with Crippen molar-refractivity contribution in [3.05, 3.63) is 51.5 Å². The van der Waals surface area contributed by atoms with Crippen LogP contribution in [0.2, 0.25) is 0 Å².